The van der Waals surface area contributed by atoms with E-state index in [4.69, 9.17) is 0 Å². The van der Waals surface area contributed by atoms with Crippen LogP contribution in [-0.4, -0.2) is 26.8 Å². The number of aromatic nitrogens is 2. The Hall–Kier alpha value is -4.71. The molecule has 0 radical (unpaired) electrons. The van der Waals surface area contributed by atoms with Gasteiger partial charge in [-0.1, -0.05) is 91.0 Å². The molecule has 0 aliphatic carbocycles. The van der Waals surface area contributed by atoms with Gasteiger partial charge in [0.2, 0.25) is 5.91 Å². The monoisotopic (exact) mass is 460 g/mol. The van der Waals surface area contributed by atoms with Crippen molar-refractivity contribution in [2.75, 3.05) is 0 Å². The quantitative estimate of drug-likeness (QED) is 0.245. The van der Waals surface area contributed by atoms with Gasteiger partial charge in [0.15, 0.2) is 0 Å². The Kier molecular flexibility index (Phi) is 6.35. The molecule has 6 heteroatoms. The summed E-state index contributed by atoms with van der Waals surface area (Å²) >= 11 is 0. The molecule has 172 valence electrons. The maximum atomic E-state index is 12.6. The van der Waals surface area contributed by atoms with Crippen molar-refractivity contribution in [1.29, 1.82) is 0 Å². The summed E-state index contributed by atoms with van der Waals surface area (Å²) in [5, 5.41) is 16.2. The van der Waals surface area contributed by atoms with E-state index < -0.39 is 0 Å². The zero-order valence-corrected chi connectivity index (χ0v) is 19.0. The second-order valence-electron chi connectivity index (χ2n) is 8.13. The minimum atomic E-state index is -0.227. The van der Waals surface area contributed by atoms with Crippen LogP contribution in [-0.2, 0) is 11.3 Å². The number of benzene rings is 4. The lowest BCUT2D eigenvalue weighted by atomic mass is 10.0. The Morgan fingerprint density at radius 3 is 2.34 bits per heavy atom. The highest BCUT2D eigenvalue weighted by Gasteiger charge is 2.15. The first kappa shape index (κ1) is 22.1. The molecule has 5 aromatic rings. The first-order chi connectivity index (χ1) is 17.2. The number of hydrazone groups is 1. The topological polar surface area (TPSA) is 79.5 Å². The van der Waals surface area contributed by atoms with Gasteiger partial charge in [-0.3, -0.25) is 4.79 Å². The average molecular weight is 461 g/mol. The molecule has 5 rings (SSSR count). The maximum Gasteiger partial charge on any atom is 0.241 e. The molecule has 0 aliphatic heterocycles. The van der Waals surface area contributed by atoms with Crippen molar-refractivity contribution in [3.05, 3.63) is 109 Å². The van der Waals surface area contributed by atoms with Gasteiger partial charge in [0.05, 0.1) is 23.9 Å². The first-order valence-corrected chi connectivity index (χ1v) is 11.4. The van der Waals surface area contributed by atoms with Crippen LogP contribution < -0.4 is 5.43 Å². The summed E-state index contributed by atoms with van der Waals surface area (Å²) in [7, 11) is 0. The number of aromatic hydroxyl groups is 1. The van der Waals surface area contributed by atoms with E-state index in [1.165, 1.54) is 6.21 Å². The predicted molar refractivity (Wildman–Crippen MR) is 139 cm³/mol. The third kappa shape index (κ3) is 4.82. The molecule has 0 saturated heterocycles. The number of nitrogens with one attached hydrogen (secondary N) is 1. The number of hydrogen-bond acceptors (Lipinski definition) is 4. The van der Waals surface area contributed by atoms with Gasteiger partial charge in [-0.2, -0.15) is 5.10 Å². The lowest BCUT2D eigenvalue weighted by Crippen LogP contribution is -2.19. The SMILES string of the molecule is O=C(CCn1cnc(-c2ccccc2)c1-c1ccccc1)N/N=C/c1c(O)ccc2ccccc12. The number of imidazole rings is 1. The molecule has 1 aromatic heterocycles. The van der Waals surface area contributed by atoms with Gasteiger partial charge < -0.3 is 9.67 Å². The number of phenolic OH excluding ortho intramolecular Hbond substituents is 1. The number of amides is 1. The van der Waals surface area contributed by atoms with Crippen LogP contribution in [0.1, 0.15) is 12.0 Å². The van der Waals surface area contributed by atoms with Crippen LogP contribution in [0.2, 0.25) is 0 Å². The molecule has 0 aliphatic rings. The van der Waals surface area contributed by atoms with E-state index >= 15 is 0 Å². The highest BCUT2D eigenvalue weighted by molar-refractivity contribution is 6.02. The smallest absolute Gasteiger partial charge is 0.241 e. The normalized spacial score (nSPS) is 11.2. The van der Waals surface area contributed by atoms with Crippen molar-refractivity contribution in [2.45, 2.75) is 13.0 Å². The van der Waals surface area contributed by atoms with E-state index in [0.717, 1.165) is 33.3 Å². The van der Waals surface area contributed by atoms with Crippen LogP contribution in [0, 0.1) is 0 Å². The van der Waals surface area contributed by atoms with E-state index in [0.29, 0.717) is 12.1 Å². The Labute approximate surface area is 203 Å². The number of aryl methyl sites for hydroxylation is 1. The number of carbonyl (C=O) groups is 1. The fraction of sp³-hybridized carbons (Fsp3) is 0.0690. The van der Waals surface area contributed by atoms with Gasteiger partial charge in [-0.25, -0.2) is 10.4 Å². The molecule has 6 nitrogen and oxygen atoms in total. The summed E-state index contributed by atoms with van der Waals surface area (Å²) in [6, 6.07) is 31.2. The van der Waals surface area contributed by atoms with Crippen LogP contribution in [0.25, 0.3) is 33.3 Å². The van der Waals surface area contributed by atoms with E-state index in [1.54, 1.807) is 12.4 Å². The van der Waals surface area contributed by atoms with E-state index in [9.17, 15) is 9.90 Å². The number of carbonyl (C=O) groups excluding carboxylic acids is 1. The lowest BCUT2D eigenvalue weighted by Gasteiger charge is -2.10. The number of fused-ring (bicyclic) bond motifs is 1. The minimum Gasteiger partial charge on any atom is -0.507 e. The summed E-state index contributed by atoms with van der Waals surface area (Å²) in [6.07, 6.45) is 3.48. The molecule has 0 fully saturated rings. The Morgan fingerprint density at radius 2 is 1.57 bits per heavy atom. The Bertz CT molecular complexity index is 1490. The number of rotatable bonds is 7. The zero-order chi connectivity index (χ0) is 24.0. The number of hydrogen-bond donors (Lipinski definition) is 2. The van der Waals surface area contributed by atoms with Gasteiger partial charge in [0.25, 0.3) is 0 Å². The zero-order valence-electron chi connectivity index (χ0n) is 19.0. The van der Waals surface area contributed by atoms with Crippen LogP contribution >= 0.6 is 0 Å². The molecular weight excluding hydrogens is 436 g/mol. The van der Waals surface area contributed by atoms with Crippen LogP contribution in [0.15, 0.2) is 108 Å². The molecule has 1 heterocycles. The molecule has 0 bridgehead atoms. The van der Waals surface area contributed by atoms with Crippen molar-refractivity contribution in [2.24, 2.45) is 5.10 Å². The largest absolute Gasteiger partial charge is 0.507 e. The number of nitrogens with zero attached hydrogens (tertiary/aromatic N) is 3. The first-order valence-electron chi connectivity index (χ1n) is 11.4. The summed E-state index contributed by atoms with van der Waals surface area (Å²) < 4.78 is 2.00. The van der Waals surface area contributed by atoms with Crippen molar-refractivity contribution in [1.82, 2.24) is 15.0 Å². The molecule has 0 saturated carbocycles. The standard InChI is InChI=1S/C29H24N4O2/c34-26-16-15-21-9-7-8-14-24(21)25(26)19-31-32-27(35)17-18-33-20-30-28(22-10-3-1-4-11-22)29(33)23-12-5-2-6-13-23/h1-16,19-20,34H,17-18H2,(H,32,35)/b31-19+. The highest BCUT2D eigenvalue weighted by atomic mass is 16.3. The molecule has 0 unspecified atom stereocenters. The van der Waals surface area contributed by atoms with Crippen molar-refractivity contribution >= 4 is 22.9 Å². The van der Waals surface area contributed by atoms with Crippen molar-refractivity contribution < 1.29 is 9.90 Å². The van der Waals surface area contributed by atoms with Gasteiger partial charge in [0, 0.05) is 29.7 Å². The van der Waals surface area contributed by atoms with Crippen molar-refractivity contribution in [3.63, 3.8) is 0 Å². The second kappa shape index (κ2) is 10.1. The third-order valence-corrected chi connectivity index (χ3v) is 5.84. The number of phenols is 1. The summed E-state index contributed by atoms with van der Waals surface area (Å²) in [6.45, 7) is 0.449. The fourth-order valence-electron chi connectivity index (χ4n) is 4.12. The molecule has 0 atom stereocenters. The second-order valence-corrected chi connectivity index (χ2v) is 8.13. The molecule has 35 heavy (non-hydrogen) atoms. The lowest BCUT2D eigenvalue weighted by molar-refractivity contribution is -0.121. The van der Waals surface area contributed by atoms with Crippen LogP contribution in [0.3, 0.4) is 0 Å². The van der Waals surface area contributed by atoms with E-state index in [1.807, 2.05) is 95.6 Å². The predicted octanol–water partition coefficient (Wildman–Crippen LogP) is 5.62. The van der Waals surface area contributed by atoms with Gasteiger partial charge in [0.1, 0.15) is 5.75 Å². The molecule has 4 aromatic carbocycles. The van der Waals surface area contributed by atoms with Gasteiger partial charge in [-0.15, -0.1) is 0 Å². The average Bonchev–Trinajstić information content (AvgIpc) is 3.34. The van der Waals surface area contributed by atoms with Gasteiger partial charge >= 0.3 is 0 Å². The maximum absolute atomic E-state index is 12.6. The van der Waals surface area contributed by atoms with E-state index in [-0.39, 0.29) is 18.1 Å². The summed E-state index contributed by atoms with van der Waals surface area (Å²) in [5.41, 5.74) is 7.04. The minimum absolute atomic E-state index is 0.112. The molecule has 2 N–H and O–H groups in total. The highest BCUT2D eigenvalue weighted by Crippen LogP contribution is 2.31. The third-order valence-electron chi connectivity index (χ3n) is 5.84. The molecular formula is C29H24N4O2. The van der Waals surface area contributed by atoms with Crippen LogP contribution in [0.4, 0.5) is 0 Å². The van der Waals surface area contributed by atoms with Gasteiger partial charge in [-0.05, 0) is 16.8 Å². The molecule has 1 amide bonds. The van der Waals surface area contributed by atoms with Crippen molar-refractivity contribution in [3.8, 4) is 28.3 Å². The van der Waals surface area contributed by atoms with Crippen LogP contribution in [0.5, 0.6) is 5.75 Å². The Morgan fingerprint density at radius 1 is 0.886 bits per heavy atom. The summed E-state index contributed by atoms with van der Waals surface area (Å²) in [5.74, 6) is -0.115. The summed E-state index contributed by atoms with van der Waals surface area (Å²) in [4.78, 5) is 17.2. The molecule has 0 spiro atoms. The Balaban J connectivity index is 1.32. The fourth-order valence-corrected chi connectivity index (χ4v) is 4.12. The van der Waals surface area contributed by atoms with E-state index in [2.05, 4.69) is 15.5 Å².